The molecule has 0 saturated heterocycles. The van der Waals surface area contributed by atoms with Crippen molar-refractivity contribution >= 4 is 0 Å². The van der Waals surface area contributed by atoms with Crippen LogP contribution < -0.4 is 5.32 Å². The van der Waals surface area contributed by atoms with Crippen LogP contribution in [0.3, 0.4) is 0 Å². The Labute approximate surface area is 141 Å². The van der Waals surface area contributed by atoms with Gasteiger partial charge in [0.05, 0.1) is 12.2 Å². The molecule has 1 N–H and O–H groups in total. The standard InChI is InChI=1S/C20H20FN3/c21-18-9-5-4-8-16(18)20-17-10-12-22-13-11-19(17)24(23-20)14-15-6-2-1-3-7-15/h1-9,22H,10-14H2. The average Bonchev–Trinajstić information content (AvgIpc) is 2.79. The Balaban J connectivity index is 1.81. The number of benzene rings is 2. The van der Waals surface area contributed by atoms with Gasteiger partial charge in [0.2, 0.25) is 0 Å². The average molecular weight is 321 g/mol. The second-order valence-corrected chi connectivity index (χ2v) is 6.15. The van der Waals surface area contributed by atoms with Crippen LogP contribution in [0.25, 0.3) is 11.3 Å². The molecular formula is C20H20FN3. The van der Waals surface area contributed by atoms with Crippen molar-refractivity contribution in [3.8, 4) is 11.3 Å². The highest BCUT2D eigenvalue weighted by molar-refractivity contribution is 5.65. The van der Waals surface area contributed by atoms with E-state index in [9.17, 15) is 4.39 Å². The second kappa shape index (κ2) is 6.57. The monoisotopic (exact) mass is 321 g/mol. The highest BCUT2D eigenvalue weighted by Crippen LogP contribution is 2.29. The molecule has 1 aliphatic heterocycles. The van der Waals surface area contributed by atoms with Crippen molar-refractivity contribution in [3.63, 3.8) is 0 Å². The van der Waals surface area contributed by atoms with Crippen molar-refractivity contribution in [2.45, 2.75) is 19.4 Å². The lowest BCUT2D eigenvalue weighted by molar-refractivity contribution is 0.619. The Morgan fingerprint density at radius 1 is 0.958 bits per heavy atom. The summed E-state index contributed by atoms with van der Waals surface area (Å²) in [5.74, 6) is -0.207. The summed E-state index contributed by atoms with van der Waals surface area (Å²) < 4.78 is 16.4. The van der Waals surface area contributed by atoms with Gasteiger partial charge in [0.1, 0.15) is 5.82 Å². The maximum atomic E-state index is 14.3. The quantitative estimate of drug-likeness (QED) is 0.801. The molecule has 1 aliphatic rings. The zero-order chi connectivity index (χ0) is 16.4. The molecule has 0 aliphatic carbocycles. The van der Waals surface area contributed by atoms with Gasteiger partial charge in [0.25, 0.3) is 0 Å². The fourth-order valence-corrected chi connectivity index (χ4v) is 3.38. The number of hydrogen-bond acceptors (Lipinski definition) is 2. The van der Waals surface area contributed by atoms with E-state index in [2.05, 4.69) is 22.1 Å². The largest absolute Gasteiger partial charge is 0.316 e. The van der Waals surface area contributed by atoms with Gasteiger partial charge in [0.15, 0.2) is 0 Å². The van der Waals surface area contributed by atoms with Gasteiger partial charge >= 0.3 is 0 Å². The van der Waals surface area contributed by atoms with E-state index in [0.29, 0.717) is 5.56 Å². The van der Waals surface area contributed by atoms with E-state index >= 15 is 0 Å². The minimum Gasteiger partial charge on any atom is -0.316 e. The first-order valence-corrected chi connectivity index (χ1v) is 8.41. The van der Waals surface area contributed by atoms with Crippen LogP contribution in [0.5, 0.6) is 0 Å². The Kier molecular flexibility index (Phi) is 4.13. The van der Waals surface area contributed by atoms with E-state index in [4.69, 9.17) is 5.10 Å². The fourth-order valence-electron chi connectivity index (χ4n) is 3.38. The molecule has 2 heterocycles. The summed E-state index contributed by atoms with van der Waals surface area (Å²) in [6.45, 7) is 2.56. The minimum absolute atomic E-state index is 0.207. The lowest BCUT2D eigenvalue weighted by Gasteiger charge is -2.07. The molecule has 0 bridgehead atoms. The predicted molar refractivity (Wildman–Crippen MR) is 93.4 cm³/mol. The summed E-state index contributed by atoms with van der Waals surface area (Å²) >= 11 is 0. The molecule has 4 heteroatoms. The maximum absolute atomic E-state index is 14.3. The Hall–Kier alpha value is -2.46. The number of aromatic nitrogens is 2. The van der Waals surface area contributed by atoms with Crippen molar-refractivity contribution in [3.05, 3.63) is 77.2 Å². The zero-order valence-corrected chi connectivity index (χ0v) is 13.5. The van der Waals surface area contributed by atoms with Crippen LogP contribution in [0.2, 0.25) is 0 Å². The highest BCUT2D eigenvalue weighted by atomic mass is 19.1. The molecule has 0 amide bonds. The van der Waals surface area contributed by atoms with Gasteiger partial charge in [-0.3, -0.25) is 4.68 Å². The molecule has 3 nitrogen and oxygen atoms in total. The molecular weight excluding hydrogens is 301 g/mol. The smallest absolute Gasteiger partial charge is 0.132 e. The van der Waals surface area contributed by atoms with Crippen LogP contribution in [-0.2, 0) is 19.4 Å². The molecule has 24 heavy (non-hydrogen) atoms. The van der Waals surface area contributed by atoms with E-state index in [0.717, 1.165) is 38.2 Å². The maximum Gasteiger partial charge on any atom is 0.132 e. The lowest BCUT2D eigenvalue weighted by Crippen LogP contribution is -2.17. The molecule has 4 rings (SSSR count). The van der Waals surface area contributed by atoms with Crippen LogP contribution >= 0.6 is 0 Å². The number of nitrogens with zero attached hydrogens (tertiary/aromatic N) is 2. The zero-order valence-electron chi connectivity index (χ0n) is 13.5. The van der Waals surface area contributed by atoms with Gasteiger partial charge in [-0.2, -0.15) is 5.10 Å². The molecule has 0 fully saturated rings. The van der Waals surface area contributed by atoms with Crippen LogP contribution in [0.4, 0.5) is 4.39 Å². The number of halogens is 1. The molecule has 0 radical (unpaired) electrons. The first-order valence-electron chi connectivity index (χ1n) is 8.41. The van der Waals surface area contributed by atoms with E-state index in [1.54, 1.807) is 6.07 Å². The third-order valence-corrected chi connectivity index (χ3v) is 4.56. The van der Waals surface area contributed by atoms with Crippen LogP contribution in [0.15, 0.2) is 54.6 Å². The molecule has 0 atom stereocenters. The van der Waals surface area contributed by atoms with Gasteiger partial charge in [-0.15, -0.1) is 0 Å². The highest BCUT2D eigenvalue weighted by Gasteiger charge is 2.22. The topological polar surface area (TPSA) is 29.9 Å². The molecule has 122 valence electrons. The Morgan fingerprint density at radius 2 is 1.71 bits per heavy atom. The fraction of sp³-hybridized carbons (Fsp3) is 0.250. The van der Waals surface area contributed by atoms with E-state index < -0.39 is 0 Å². The van der Waals surface area contributed by atoms with Crippen LogP contribution in [0, 0.1) is 5.82 Å². The van der Waals surface area contributed by atoms with Crippen LogP contribution in [0.1, 0.15) is 16.8 Å². The van der Waals surface area contributed by atoms with Gasteiger partial charge in [-0.25, -0.2) is 4.39 Å². The summed E-state index contributed by atoms with van der Waals surface area (Å²) in [4.78, 5) is 0. The first kappa shape index (κ1) is 15.1. The summed E-state index contributed by atoms with van der Waals surface area (Å²) in [7, 11) is 0. The van der Waals surface area contributed by atoms with Gasteiger partial charge in [-0.05, 0) is 30.7 Å². The summed E-state index contributed by atoms with van der Waals surface area (Å²) in [5.41, 5.74) is 5.01. The molecule has 2 aromatic carbocycles. The summed E-state index contributed by atoms with van der Waals surface area (Å²) in [6.07, 6.45) is 1.80. The van der Waals surface area contributed by atoms with Crippen molar-refractivity contribution in [1.29, 1.82) is 0 Å². The molecule has 3 aromatic rings. The number of hydrogen-bond donors (Lipinski definition) is 1. The van der Waals surface area contributed by atoms with Gasteiger partial charge in [-0.1, -0.05) is 42.5 Å². The Morgan fingerprint density at radius 3 is 2.54 bits per heavy atom. The summed E-state index contributed by atoms with van der Waals surface area (Å²) in [6, 6.07) is 17.2. The van der Waals surface area contributed by atoms with Gasteiger partial charge in [0, 0.05) is 29.8 Å². The third kappa shape index (κ3) is 2.85. The molecule has 0 saturated carbocycles. The lowest BCUT2D eigenvalue weighted by atomic mass is 10.0. The van der Waals surface area contributed by atoms with E-state index in [1.807, 2.05) is 30.3 Å². The summed E-state index contributed by atoms with van der Waals surface area (Å²) in [5, 5.41) is 8.24. The minimum atomic E-state index is -0.207. The molecule has 0 spiro atoms. The number of fused-ring (bicyclic) bond motifs is 1. The van der Waals surface area contributed by atoms with Crippen molar-refractivity contribution < 1.29 is 4.39 Å². The predicted octanol–water partition coefficient (Wildman–Crippen LogP) is 3.43. The van der Waals surface area contributed by atoms with Crippen LogP contribution in [-0.4, -0.2) is 22.9 Å². The Bertz CT molecular complexity index is 839. The van der Waals surface area contributed by atoms with Crippen molar-refractivity contribution in [1.82, 2.24) is 15.1 Å². The van der Waals surface area contributed by atoms with Crippen molar-refractivity contribution in [2.24, 2.45) is 0 Å². The second-order valence-electron chi connectivity index (χ2n) is 6.15. The molecule has 0 unspecified atom stereocenters. The third-order valence-electron chi connectivity index (χ3n) is 4.56. The first-order chi connectivity index (χ1) is 11.8. The number of rotatable bonds is 3. The molecule has 1 aromatic heterocycles. The number of nitrogens with one attached hydrogen (secondary N) is 1. The SMILES string of the molecule is Fc1ccccc1-c1nn(Cc2ccccc2)c2c1CCNCC2. The van der Waals surface area contributed by atoms with E-state index in [1.165, 1.54) is 22.9 Å². The normalized spacial score (nSPS) is 14.2. The van der Waals surface area contributed by atoms with Crippen molar-refractivity contribution in [2.75, 3.05) is 13.1 Å². The van der Waals surface area contributed by atoms with Gasteiger partial charge < -0.3 is 5.32 Å². The van der Waals surface area contributed by atoms with E-state index in [-0.39, 0.29) is 5.82 Å².